The third-order valence-corrected chi connectivity index (χ3v) is 6.68. The number of nitrogens with zero attached hydrogens (tertiary/aromatic N) is 2. The van der Waals surface area contributed by atoms with Gasteiger partial charge in [-0.2, -0.15) is 0 Å². The molecule has 1 aliphatic rings. The van der Waals surface area contributed by atoms with E-state index in [0.717, 1.165) is 45.5 Å². The lowest BCUT2D eigenvalue weighted by Crippen LogP contribution is -2.23. The van der Waals surface area contributed by atoms with Gasteiger partial charge in [0, 0.05) is 22.5 Å². The van der Waals surface area contributed by atoms with Gasteiger partial charge in [0.25, 0.3) is 0 Å². The standard InChI is InChI=1S/C28H24F2N2/c1-27(2)20-12-14-23(17-8-6-5-7-9-17)31-25(20)26-21(27)13-15-24(32-26)28(3,4)19-11-10-18(29)16-22(19)30/h5-16H,1-4H3. The predicted octanol–water partition coefficient (Wildman–Crippen LogP) is 7.05. The van der Waals surface area contributed by atoms with E-state index in [2.05, 4.69) is 32.0 Å². The second kappa shape index (κ2) is 7.06. The van der Waals surface area contributed by atoms with Crippen molar-refractivity contribution in [1.29, 1.82) is 0 Å². The average molecular weight is 427 g/mol. The summed E-state index contributed by atoms with van der Waals surface area (Å²) in [4.78, 5) is 10.0. The van der Waals surface area contributed by atoms with Crippen LogP contribution in [0.2, 0.25) is 0 Å². The minimum Gasteiger partial charge on any atom is -0.250 e. The van der Waals surface area contributed by atoms with E-state index in [0.29, 0.717) is 5.56 Å². The fourth-order valence-electron chi connectivity index (χ4n) is 4.69. The molecule has 0 atom stereocenters. The molecule has 5 rings (SSSR count). The second-order valence-corrected chi connectivity index (χ2v) is 9.43. The second-order valence-electron chi connectivity index (χ2n) is 9.43. The van der Waals surface area contributed by atoms with E-state index in [-0.39, 0.29) is 5.41 Å². The largest absolute Gasteiger partial charge is 0.250 e. The zero-order chi connectivity index (χ0) is 22.7. The van der Waals surface area contributed by atoms with E-state index >= 15 is 0 Å². The third kappa shape index (κ3) is 3.05. The molecule has 0 bridgehead atoms. The highest BCUT2D eigenvalue weighted by Gasteiger charge is 2.39. The van der Waals surface area contributed by atoms with Crippen LogP contribution in [0.5, 0.6) is 0 Å². The maximum absolute atomic E-state index is 14.6. The molecule has 32 heavy (non-hydrogen) atoms. The van der Waals surface area contributed by atoms with E-state index in [1.54, 1.807) is 0 Å². The molecule has 0 fully saturated rings. The molecule has 2 aromatic heterocycles. The predicted molar refractivity (Wildman–Crippen MR) is 124 cm³/mol. The van der Waals surface area contributed by atoms with Crippen LogP contribution in [-0.2, 0) is 10.8 Å². The fourth-order valence-corrected chi connectivity index (χ4v) is 4.69. The van der Waals surface area contributed by atoms with E-state index in [9.17, 15) is 8.78 Å². The molecule has 160 valence electrons. The molecule has 0 amide bonds. The summed E-state index contributed by atoms with van der Waals surface area (Å²) in [5.74, 6) is -1.15. The van der Waals surface area contributed by atoms with Crippen LogP contribution in [0.4, 0.5) is 8.78 Å². The van der Waals surface area contributed by atoms with Crippen LogP contribution in [0.3, 0.4) is 0 Å². The van der Waals surface area contributed by atoms with Crippen molar-refractivity contribution >= 4 is 0 Å². The number of rotatable bonds is 3. The average Bonchev–Trinajstić information content (AvgIpc) is 3.00. The van der Waals surface area contributed by atoms with Crippen LogP contribution in [0, 0.1) is 11.6 Å². The van der Waals surface area contributed by atoms with Gasteiger partial charge in [-0.1, -0.05) is 76.2 Å². The summed E-state index contributed by atoms with van der Waals surface area (Å²) in [6.07, 6.45) is 0. The highest BCUT2D eigenvalue weighted by Crippen LogP contribution is 2.48. The molecule has 2 nitrogen and oxygen atoms in total. The number of fused-ring (bicyclic) bond motifs is 3. The van der Waals surface area contributed by atoms with E-state index < -0.39 is 17.0 Å². The van der Waals surface area contributed by atoms with Crippen LogP contribution in [0.15, 0.2) is 72.8 Å². The normalized spacial score (nSPS) is 14.2. The minimum absolute atomic E-state index is 0.232. The maximum Gasteiger partial charge on any atom is 0.130 e. The molecule has 4 heteroatoms. The summed E-state index contributed by atoms with van der Waals surface area (Å²) in [5, 5.41) is 0. The lowest BCUT2D eigenvalue weighted by molar-refractivity contribution is 0.524. The number of hydrogen-bond donors (Lipinski definition) is 0. The number of pyridine rings is 2. The Morgan fingerprint density at radius 1 is 0.750 bits per heavy atom. The Hall–Kier alpha value is -3.40. The Labute approximate surface area is 187 Å². The van der Waals surface area contributed by atoms with Crippen LogP contribution in [-0.4, -0.2) is 9.97 Å². The summed E-state index contributed by atoms with van der Waals surface area (Å²) in [5.41, 5.74) is 6.02. The topological polar surface area (TPSA) is 25.8 Å². The first-order valence-electron chi connectivity index (χ1n) is 10.7. The Kier molecular flexibility index (Phi) is 4.52. The molecule has 2 aromatic carbocycles. The highest BCUT2D eigenvalue weighted by molar-refractivity contribution is 5.77. The van der Waals surface area contributed by atoms with Gasteiger partial charge < -0.3 is 0 Å². The lowest BCUT2D eigenvalue weighted by atomic mass is 9.79. The number of halogens is 2. The van der Waals surface area contributed by atoms with Gasteiger partial charge in [0.2, 0.25) is 0 Å². The molecule has 2 heterocycles. The maximum atomic E-state index is 14.6. The molecule has 1 aliphatic carbocycles. The lowest BCUT2D eigenvalue weighted by Gasteiger charge is -2.27. The van der Waals surface area contributed by atoms with Gasteiger partial charge in [-0.25, -0.2) is 18.7 Å². The smallest absolute Gasteiger partial charge is 0.130 e. The molecule has 0 unspecified atom stereocenters. The highest BCUT2D eigenvalue weighted by atomic mass is 19.1. The number of benzene rings is 2. The van der Waals surface area contributed by atoms with Crippen LogP contribution < -0.4 is 0 Å². The molecule has 0 radical (unpaired) electrons. The summed E-state index contributed by atoms with van der Waals surface area (Å²) in [6, 6.07) is 22.0. The molecular formula is C28H24F2N2. The van der Waals surface area contributed by atoms with Crippen molar-refractivity contribution in [2.45, 2.75) is 38.5 Å². The number of hydrogen-bond acceptors (Lipinski definition) is 2. The van der Waals surface area contributed by atoms with Gasteiger partial charge in [-0.3, -0.25) is 0 Å². The van der Waals surface area contributed by atoms with Gasteiger partial charge in [0.1, 0.15) is 11.6 Å². The molecular weight excluding hydrogens is 402 g/mol. The van der Waals surface area contributed by atoms with Gasteiger partial charge in [0.15, 0.2) is 0 Å². The van der Waals surface area contributed by atoms with Crippen LogP contribution in [0.1, 0.15) is 50.1 Å². The summed E-state index contributed by atoms with van der Waals surface area (Å²) in [6.45, 7) is 8.17. The van der Waals surface area contributed by atoms with Crippen molar-refractivity contribution < 1.29 is 8.78 Å². The van der Waals surface area contributed by atoms with Crippen molar-refractivity contribution in [2.24, 2.45) is 0 Å². The van der Waals surface area contributed by atoms with Crippen molar-refractivity contribution in [3.63, 3.8) is 0 Å². The molecule has 0 aliphatic heterocycles. The first-order valence-corrected chi connectivity index (χ1v) is 10.7. The molecule has 4 aromatic rings. The quantitative estimate of drug-likeness (QED) is 0.351. The van der Waals surface area contributed by atoms with Crippen molar-refractivity contribution in [1.82, 2.24) is 9.97 Å². The summed E-state index contributed by atoms with van der Waals surface area (Å²) < 4.78 is 28.1. The molecule has 0 N–H and O–H groups in total. The van der Waals surface area contributed by atoms with Gasteiger partial charge in [-0.15, -0.1) is 0 Å². The van der Waals surface area contributed by atoms with Gasteiger partial charge in [-0.05, 0) is 34.9 Å². The molecule has 0 spiro atoms. The van der Waals surface area contributed by atoms with Crippen molar-refractivity contribution in [3.8, 4) is 22.6 Å². The Bertz CT molecular complexity index is 1340. The first kappa shape index (κ1) is 20.5. The van der Waals surface area contributed by atoms with Crippen LogP contribution in [0.25, 0.3) is 22.6 Å². The number of aromatic nitrogens is 2. The first-order chi connectivity index (χ1) is 15.2. The van der Waals surface area contributed by atoms with Crippen molar-refractivity contribution in [3.05, 3.63) is 107 Å². The Morgan fingerprint density at radius 2 is 1.41 bits per heavy atom. The minimum atomic E-state index is -0.739. The zero-order valence-corrected chi connectivity index (χ0v) is 18.6. The van der Waals surface area contributed by atoms with Crippen LogP contribution >= 0.6 is 0 Å². The Balaban J connectivity index is 1.67. The van der Waals surface area contributed by atoms with E-state index in [1.165, 1.54) is 12.1 Å². The zero-order valence-electron chi connectivity index (χ0n) is 18.6. The molecule has 0 saturated carbocycles. The monoisotopic (exact) mass is 426 g/mol. The Morgan fingerprint density at radius 3 is 2.09 bits per heavy atom. The SMILES string of the molecule is CC(C)(c1ccc2c(n1)-c1nc(-c3ccccc3)ccc1C2(C)C)c1ccc(F)cc1F. The summed E-state index contributed by atoms with van der Waals surface area (Å²) in [7, 11) is 0. The third-order valence-electron chi connectivity index (χ3n) is 6.68. The van der Waals surface area contributed by atoms with E-state index in [4.69, 9.17) is 9.97 Å². The summed E-state index contributed by atoms with van der Waals surface area (Å²) >= 11 is 0. The van der Waals surface area contributed by atoms with Gasteiger partial charge >= 0.3 is 0 Å². The molecule has 0 saturated heterocycles. The fraction of sp³-hybridized carbons (Fsp3) is 0.214. The van der Waals surface area contributed by atoms with E-state index in [1.807, 2.05) is 50.2 Å². The van der Waals surface area contributed by atoms with Gasteiger partial charge in [0.05, 0.1) is 22.8 Å². The van der Waals surface area contributed by atoms with Crippen molar-refractivity contribution in [2.75, 3.05) is 0 Å².